The number of methoxy groups -OCH3 is 2. The predicted molar refractivity (Wildman–Crippen MR) is 315 cm³/mol. The summed E-state index contributed by atoms with van der Waals surface area (Å²) in [7, 11) is 6.52. The van der Waals surface area contributed by atoms with Crippen LogP contribution in [0.5, 0.6) is 5.75 Å². The van der Waals surface area contributed by atoms with Gasteiger partial charge in [0.25, 0.3) is 0 Å². The normalized spacial score (nSPS) is 17.2. The fraction of sp³-hybridized carbons (Fsp3) is 0.359. The molecule has 4 N–H and O–H groups in total. The van der Waals surface area contributed by atoms with Gasteiger partial charge in [-0.05, 0) is 70.6 Å². The number of carbonyl (C=O) groups excluding carboxylic acids is 7. The number of nitrogens with one attached hydrogen (secondary N) is 2. The van der Waals surface area contributed by atoms with Crippen molar-refractivity contribution in [2.45, 2.75) is 110 Å². The molecule has 0 unspecified atom stereocenters. The number of aryl methyl sites for hydroxylation is 1. The van der Waals surface area contributed by atoms with Gasteiger partial charge in [0.2, 0.25) is 18.3 Å². The third kappa shape index (κ3) is 14.0. The molecule has 1 fully saturated rings. The van der Waals surface area contributed by atoms with Gasteiger partial charge in [0, 0.05) is 69.1 Å². The number of unbranched alkanes of at least 4 members (excludes halogenated alkanes) is 1. The van der Waals surface area contributed by atoms with E-state index in [4.69, 9.17) is 48.6 Å². The molecule has 22 nitrogen and oxygen atoms in total. The molecular formula is C64H70N7O15+. The van der Waals surface area contributed by atoms with Crippen LogP contribution in [-0.4, -0.2) is 133 Å². The molecule has 2 aromatic heterocycles. The van der Waals surface area contributed by atoms with E-state index in [9.17, 15) is 33.6 Å². The van der Waals surface area contributed by atoms with Gasteiger partial charge in [-0.15, -0.1) is 0 Å². The number of anilines is 2. The molecule has 7 aromatic rings. The molecule has 0 spiro atoms. The van der Waals surface area contributed by atoms with Gasteiger partial charge in [0.1, 0.15) is 36.8 Å². The lowest BCUT2D eigenvalue weighted by atomic mass is 9.97. The number of fused-ring (bicyclic) bond motifs is 6. The summed E-state index contributed by atoms with van der Waals surface area (Å²) in [5.74, 6) is -3.69. The Morgan fingerprint density at radius 2 is 1.35 bits per heavy atom. The number of alkyl carbamates (subject to hydrolysis) is 1. The zero-order valence-electron chi connectivity index (χ0n) is 49.2. The molecule has 22 heteroatoms. The first-order chi connectivity index (χ1) is 41.2. The van der Waals surface area contributed by atoms with E-state index in [0.29, 0.717) is 40.7 Å². The number of aromatic nitrogens is 3. The summed E-state index contributed by atoms with van der Waals surface area (Å²) in [5, 5.41) is 6.38. The Labute approximate surface area is 496 Å². The summed E-state index contributed by atoms with van der Waals surface area (Å²) < 4.78 is 47.3. The maximum Gasteiger partial charge on any atom is 0.407 e. The molecule has 450 valence electrons. The van der Waals surface area contributed by atoms with Crippen LogP contribution >= 0.6 is 0 Å². The smallest absolute Gasteiger partial charge is 0.407 e. The average molecular weight is 1180 g/mol. The molecule has 1 aliphatic heterocycles. The Morgan fingerprint density at radius 1 is 0.721 bits per heavy atom. The third-order valence-electron chi connectivity index (χ3n) is 14.9. The Balaban J connectivity index is 0.945. The molecular weight excluding hydrogens is 1110 g/mol. The molecule has 0 saturated carbocycles. The molecule has 0 bridgehead atoms. The van der Waals surface area contributed by atoms with Crippen molar-refractivity contribution < 1.29 is 75.9 Å². The highest BCUT2D eigenvalue weighted by atomic mass is 16.7. The zero-order valence-corrected chi connectivity index (χ0v) is 49.2. The number of nitrogens with zero attached hydrogens (tertiary/aromatic N) is 4. The van der Waals surface area contributed by atoms with E-state index < -0.39 is 72.6 Å². The van der Waals surface area contributed by atoms with Gasteiger partial charge in [0.05, 0.1) is 50.6 Å². The number of amides is 2. The van der Waals surface area contributed by atoms with Crippen molar-refractivity contribution in [1.29, 1.82) is 0 Å². The molecule has 1 aliphatic carbocycles. The largest absolute Gasteiger partial charge is 0.467 e. The summed E-state index contributed by atoms with van der Waals surface area (Å²) in [5.41, 5.74) is 16.1. The van der Waals surface area contributed by atoms with E-state index in [-0.39, 0.29) is 42.7 Å². The van der Waals surface area contributed by atoms with Crippen LogP contribution < -0.4 is 21.1 Å². The molecule has 9 rings (SSSR count). The number of esters is 5. The predicted octanol–water partition coefficient (Wildman–Crippen LogP) is 8.06. The van der Waals surface area contributed by atoms with Gasteiger partial charge >= 0.3 is 35.9 Å². The first kappa shape index (κ1) is 61.2. The molecule has 3 heterocycles. The number of pyridine rings is 1. The van der Waals surface area contributed by atoms with Crippen LogP contribution in [0, 0.1) is 0 Å². The van der Waals surface area contributed by atoms with Crippen molar-refractivity contribution >= 4 is 75.3 Å². The monoisotopic (exact) mass is 1180 g/mol. The van der Waals surface area contributed by atoms with Gasteiger partial charge in [-0.2, -0.15) is 0 Å². The maximum atomic E-state index is 13.9. The number of nitrogens with two attached hydrogens (primary N) is 1. The summed E-state index contributed by atoms with van der Waals surface area (Å²) >= 11 is 0. The fourth-order valence-corrected chi connectivity index (χ4v) is 11.2. The zero-order chi connectivity index (χ0) is 61.4. The molecule has 1 saturated heterocycles. The standard InChI is InChI=1S/C64H69N7O15/c1-9-10-19-52-69-54-55(47-26-25-42(61(76)79-7)31-49(47)68-60(54)65)70(52)32-39-20-22-40(23-21-39)33-71(5,6)34-41-24-27-51(85-63-59(84-38(4)74)57(83-37(3)73)56(82-36(2)72)58(86-63)62(77)80-8)50(30-41)67-53(75)28-29-66-64(78)81-35-48-45-17-13-11-15-43(45)44-16-12-14-18-46(44)48/h11-18,20-27,30-31,48,56-59,63H,9-10,19,28-29,32-35H2,1-8H3,(H3-,65,66,67,68,75,78)/p+1/t56-,57-,58-,59+,63+/m0/s1. The van der Waals surface area contributed by atoms with Crippen LogP contribution in [0.4, 0.5) is 16.3 Å². The van der Waals surface area contributed by atoms with E-state index in [1.165, 1.54) is 7.11 Å². The van der Waals surface area contributed by atoms with Crippen molar-refractivity contribution in [2.75, 3.05) is 52.5 Å². The van der Waals surface area contributed by atoms with E-state index >= 15 is 0 Å². The summed E-state index contributed by atoms with van der Waals surface area (Å²) in [6.07, 6.45) is -6.68. The Morgan fingerprint density at radius 3 is 2.00 bits per heavy atom. The van der Waals surface area contributed by atoms with E-state index in [1.807, 2.05) is 54.6 Å². The van der Waals surface area contributed by atoms with Gasteiger partial charge in [0.15, 0.2) is 24.1 Å². The molecule has 2 aliphatic rings. The number of benzene rings is 5. The van der Waals surface area contributed by atoms with Gasteiger partial charge in [-0.1, -0.05) is 86.1 Å². The van der Waals surface area contributed by atoms with Gasteiger partial charge < -0.3 is 63.3 Å². The number of quaternary nitrogens is 1. The number of carbonyl (C=O) groups is 7. The average Bonchev–Trinajstić information content (AvgIpc) is 1.68. The lowest BCUT2D eigenvalue weighted by molar-refractivity contribution is -0.916. The Bertz CT molecular complexity index is 3670. The lowest BCUT2D eigenvalue weighted by Crippen LogP contribution is -2.64. The molecule has 2 amide bonds. The van der Waals surface area contributed by atoms with Crippen LogP contribution in [-0.2, 0) is 83.2 Å². The number of rotatable bonds is 22. The minimum Gasteiger partial charge on any atom is -0.467 e. The van der Waals surface area contributed by atoms with Crippen molar-refractivity contribution in [3.63, 3.8) is 0 Å². The van der Waals surface area contributed by atoms with Crippen molar-refractivity contribution in [1.82, 2.24) is 19.9 Å². The summed E-state index contributed by atoms with van der Waals surface area (Å²) in [6.45, 7) is 6.83. The second-order valence-electron chi connectivity index (χ2n) is 21.9. The first-order valence-corrected chi connectivity index (χ1v) is 28.2. The van der Waals surface area contributed by atoms with Gasteiger partial charge in [-0.3, -0.25) is 19.2 Å². The lowest BCUT2D eigenvalue weighted by Gasteiger charge is -2.43. The topological polar surface area (TPSA) is 274 Å². The SMILES string of the molecule is CCCCc1nc2c(N)nc3cc(C(=O)OC)ccc3c2n1Cc1ccc(C[N+](C)(C)Cc2ccc(O[C@@H]3O[C@H](C(=O)OC)[C@@H](OC(C)=O)[C@H](OC(C)=O)[C@H]3OC(C)=O)c(NC(=O)CCNC(=O)OCC3c4ccccc4-c4ccccc43)c2)cc1. The Kier molecular flexibility index (Phi) is 19.0. The number of hydrogen-bond acceptors (Lipinski definition) is 18. The quantitative estimate of drug-likeness (QED) is 0.0329. The maximum absolute atomic E-state index is 13.9. The number of hydrogen-bond donors (Lipinski definition) is 3. The molecule has 0 radical (unpaired) electrons. The van der Waals surface area contributed by atoms with E-state index in [2.05, 4.69) is 65.5 Å². The highest BCUT2D eigenvalue weighted by molar-refractivity contribution is 6.08. The van der Waals surface area contributed by atoms with Gasteiger partial charge in [-0.25, -0.2) is 24.4 Å². The van der Waals surface area contributed by atoms with Crippen LogP contribution in [0.2, 0.25) is 0 Å². The highest BCUT2D eigenvalue weighted by Gasteiger charge is 2.56. The number of nitrogen functional groups attached to an aromatic ring is 1. The minimum atomic E-state index is -1.74. The molecule has 5 aromatic carbocycles. The minimum absolute atomic E-state index is 0.0211. The van der Waals surface area contributed by atoms with Crippen molar-refractivity contribution in [3.05, 3.63) is 148 Å². The third-order valence-corrected chi connectivity index (χ3v) is 14.9. The molecule has 5 atom stereocenters. The number of imidazole rings is 1. The fourth-order valence-electron chi connectivity index (χ4n) is 11.2. The first-order valence-electron chi connectivity index (χ1n) is 28.2. The van der Waals surface area contributed by atoms with Crippen LogP contribution in [0.1, 0.15) is 96.9 Å². The van der Waals surface area contributed by atoms with E-state index in [1.54, 1.807) is 30.3 Å². The second kappa shape index (κ2) is 26.7. The van der Waals surface area contributed by atoms with Crippen LogP contribution in [0.3, 0.4) is 0 Å². The summed E-state index contributed by atoms with van der Waals surface area (Å²) in [6, 6.07) is 34.6. The summed E-state index contributed by atoms with van der Waals surface area (Å²) in [4.78, 5) is 100. The van der Waals surface area contributed by atoms with Crippen LogP contribution in [0.15, 0.2) is 109 Å². The van der Waals surface area contributed by atoms with Crippen molar-refractivity contribution in [3.8, 4) is 16.9 Å². The highest BCUT2D eigenvalue weighted by Crippen LogP contribution is 2.45. The van der Waals surface area contributed by atoms with E-state index in [0.717, 1.165) is 103 Å². The van der Waals surface area contributed by atoms with Crippen molar-refractivity contribution in [2.24, 2.45) is 0 Å². The second-order valence-corrected chi connectivity index (χ2v) is 21.9. The molecule has 86 heavy (non-hydrogen) atoms. The Hall–Kier alpha value is -9.41. The number of ether oxygens (including phenoxy) is 8. The van der Waals surface area contributed by atoms with Crippen LogP contribution in [0.25, 0.3) is 33.1 Å².